The van der Waals surface area contributed by atoms with Gasteiger partial charge in [0.1, 0.15) is 5.82 Å². The minimum Gasteiger partial charge on any atom is -0.298 e. The number of rotatable bonds is 2. The van der Waals surface area contributed by atoms with E-state index < -0.39 is 11.7 Å². The maximum absolute atomic E-state index is 12.7. The molecule has 1 fully saturated rings. The third kappa shape index (κ3) is 3.99. The first-order valence-electron chi connectivity index (χ1n) is 5.73. The molecule has 0 radical (unpaired) electrons. The molecule has 2 amide bonds. The van der Waals surface area contributed by atoms with Crippen molar-refractivity contribution >= 4 is 29.1 Å². The first-order valence-corrected chi connectivity index (χ1v) is 6.14. The van der Waals surface area contributed by atoms with Gasteiger partial charge >= 0.3 is 0 Å². The van der Waals surface area contributed by atoms with Crippen molar-refractivity contribution < 1.29 is 14.0 Å². The number of hydrazine groups is 1. The summed E-state index contributed by atoms with van der Waals surface area (Å²) in [7, 11) is 0. The van der Waals surface area contributed by atoms with Crippen molar-refractivity contribution in [2.45, 2.75) is 12.8 Å². The smallest absolute Gasteiger partial charge is 0.257 e. The molecule has 100 valence electrons. The molecule has 0 aromatic heterocycles. The minimum absolute atomic E-state index is 0.0108. The second-order valence-corrected chi connectivity index (χ2v) is 4.59. The predicted octanol–water partition coefficient (Wildman–Crippen LogP) is 0.871. The number of halogens is 1. The molecule has 5 nitrogen and oxygen atoms in total. The van der Waals surface area contributed by atoms with Crippen molar-refractivity contribution in [2.24, 2.45) is 5.92 Å². The number of hydrogen-bond acceptors (Lipinski definition) is 3. The van der Waals surface area contributed by atoms with Crippen LogP contribution in [0, 0.1) is 11.7 Å². The Kier molecular flexibility index (Phi) is 4.06. The van der Waals surface area contributed by atoms with Crippen molar-refractivity contribution in [1.29, 1.82) is 0 Å². The molecular weight excluding hydrogens is 269 g/mol. The van der Waals surface area contributed by atoms with Gasteiger partial charge in [-0.05, 0) is 49.3 Å². The first kappa shape index (κ1) is 13.4. The highest BCUT2D eigenvalue weighted by atomic mass is 32.1. The Hall–Kier alpha value is -2.02. The third-order valence-electron chi connectivity index (χ3n) is 2.58. The van der Waals surface area contributed by atoms with Crippen LogP contribution in [0.25, 0.3) is 0 Å². The number of nitrogens with one attached hydrogen (secondary N) is 3. The van der Waals surface area contributed by atoms with Crippen molar-refractivity contribution in [3.05, 3.63) is 35.6 Å². The molecule has 0 bridgehead atoms. The summed E-state index contributed by atoms with van der Waals surface area (Å²) in [5.74, 6) is -0.992. The van der Waals surface area contributed by atoms with E-state index in [0.29, 0.717) is 0 Å². The molecule has 0 atom stereocenters. The van der Waals surface area contributed by atoms with Gasteiger partial charge in [-0.3, -0.25) is 25.8 Å². The van der Waals surface area contributed by atoms with Crippen LogP contribution in [0.2, 0.25) is 0 Å². The molecular formula is C12H12FN3O2S. The molecule has 19 heavy (non-hydrogen) atoms. The minimum atomic E-state index is -0.474. The van der Waals surface area contributed by atoms with E-state index in [0.717, 1.165) is 12.8 Å². The molecule has 0 spiro atoms. The Morgan fingerprint density at radius 2 is 1.79 bits per heavy atom. The second-order valence-electron chi connectivity index (χ2n) is 4.18. The fraction of sp³-hybridized carbons (Fsp3) is 0.250. The third-order valence-corrected chi connectivity index (χ3v) is 2.78. The average Bonchev–Trinajstić information content (AvgIpc) is 3.21. The Labute approximate surface area is 114 Å². The zero-order chi connectivity index (χ0) is 13.8. The maximum Gasteiger partial charge on any atom is 0.257 e. The van der Waals surface area contributed by atoms with Gasteiger partial charge in [-0.2, -0.15) is 0 Å². The van der Waals surface area contributed by atoms with Gasteiger partial charge in [0, 0.05) is 11.5 Å². The highest BCUT2D eigenvalue weighted by molar-refractivity contribution is 7.80. The molecule has 1 aromatic carbocycles. The van der Waals surface area contributed by atoms with E-state index in [-0.39, 0.29) is 22.5 Å². The van der Waals surface area contributed by atoms with E-state index in [9.17, 15) is 14.0 Å². The van der Waals surface area contributed by atoms with Gasteiger partial charge in [0.15, 0.2) is 5.11 Å². The molecule has 0 saturated heterocycles. The van der Waals surface area contributed by atoms with Crippen molar-refractivity contribution in [2.75, 3.05) is 0 Å². The number of thiocarbonyl (C=S) groups is 1. The van der Waals surface area contributed by atoms with Gasteiger partial charge in [-0.15, -0.1) is 0 Å². The van der Waals surface area contributed by atoms with Crippen LogP contribution in [0.3, 0.4) is 0 Å². The molecule has 0 aliphatic heterocycles. The van der Waals surface area contributed by atoms with Crippen LogP contribution < -0.4 is 16.2 Å². The number of carbonyl (C=O) groups excluding carboxylic acids is 2. The maximum atomic E-state index is 12.7. The normalized spacial score (nSPS) is 13.5. The second kappa shape index (κ2) is 5.75. The van der Waals surface area contributed by atoms with Crippen molar-refractivity contribution in [3.63, 3.8) is 0 Å². The van der Waals surface area contributed by atoms with Crippen LogP contribution >= 0.6 is 12.2 Å². The van der Waals surface area contributed by atoms with Crippen LogP contribution in [-0.2, 0) is 4.79 Å². The molecule has 3 N–H and O–H groups in total. The lowest BCUT2D eigenvalue weighted by molar-refractivity contribution is -0.122. The van der Waals surface area contributed by atoms with E-state index in [1.54, 1.807) is 0 Å². The lowest BCUT2D eigenvalue weighted by atomic mass is 10.2. The van der Waals surface area contributed by atoms with Gasteiger partial charge in [0.05, 0.1) is 0 Å². The average molecular weight is 281 g/mol. The zero-order valence-electron chi connectivity index (χ0n) is 9.90. The van der Waals surface area contributed by atoms with E-state index in [4.69, 9.17) is 12.2 Å². The fourth-order valence-electron chi connectivity index (χ4n) is 1.37. The van der Waals surface area contributed by atoms with Gasteiger partial charge in [0.2, 0.25) is 5.91 Å². The van der Waals surface area contributed by atoms with Crippen LogP contribution in [0.1, 0.15) is 23.2 Å². The lowest BCUT2D eigenvalue weighted by Gasteiger charge is -2.10. The summed E-state index contributed by atoms with van der Waals surface area (Å²) >= 11 is 4.85. The van der Waals surface area contributed by atoms with Gasteiger partial charge in [-0.25, -0.2) is 4.39 Å². The Bertz CT molecular complexity index is 514. The number of carbonyl (C=O) groups is 2. The van der Waals surface area contributed by atoms with E-state index in [1.807, 2.05) is 0 Å². The summed E-state index contributed by atoms with van der Waals surface area (Å²) in [6.07, 6.45) is 1.75. The topological polar surface area (TPSA) is 70.2 Å². The van der Waals surface area contributed by atoms with Gasteiger partial charge in [0.25, 0.3) is 5.91 Å². The monoisotopic (exact) mass is 281 g/mol. The van der Waals surface area contributed by atoms with Crippen molar-refractivity contribution in [1.82, 2.24) is 16.2 Å². The van der Waals surface area contributed by atoms with Crippen LogP contribution in [0.4, 0.5) is 4.39 Å². The van der Waals surface area contributed by atoms with Crippen LogP contribution in [-0.4, -0.2) is 16.9 Å². The highest BCUT2D eigenvalue weighted by Crippen LogP contribution is 2.28. The lowest BCUT2D eigenvalue weighted by Crippen LogP contribution is -2.48. The standard InChI is InChI=1S/C12H12FN3O2S/c13-9-5-3-7(4-6-9)10(17)14-12(19)16-15-11(18)8-1-2-8/h3-6,8H,1-2H2,(H,15,18)(H2,14,16,17,19). The number of hydrogen-bond donors (Lipinski definition) is 3. The van der Waals surface area contributed by atoms with E-state index in [1.165, 1.54) is 24.3 Å². The summed E-state index contributed by atoms with van der Waals surface area (Å²) in [6, 6.07) is 5.05. The number of amides is 2. The van der Waals surface area contributed by atoms with E-state index in [2.05, 4.69) is 16.2 Å². The van der Waals surface area contributed by atoms with E-state index >= 15 is 0 Å². The molecule has 1 aliphatic rings. The molecule has 1 aromatic rings. The molecule has 1 aliphatic carbocycles. The summed E-state index contributed by atoms with van der Waals surface area (Å²) in [5, 5.41) is 2.36. The summed E-state index contributed by atoms with van der Waals surface area (Å²) in [4.78, 5) is 23.0. The molecule has 0 unspecified atom stereocenters. The number of benzene rings is 1. The summed E-state index contributed by atoms with van der Waals surface area (Å²) in [6.45, 7) is 0. The van der Waals surface area contributed by atoms with Crippen LogP contribution in [0.5, 0.6) is 0 Å². The Morgan fingerprint density at radius 3 is 2.37 bits per heavy atom. The van der Waals surface area contributed by atoms with Crippen LogP contribution in [0.15, 0.2) is 24.3 Å². The molecule has 1 saturated carbocycles. The molecule has 2 rings (SSSR count). The summed E-state index contributed by atoms with van der Waals surface area (Å²) < 4.78 is 12.7. The SMILES string of the molecule is O=C(NC(=S)NNC(=O)C1CC1)c1ccc(F)cc1. The summed E-state index contributed by atoms with van der Waals surface area (Å²) in [5.41, 5.74) is 5.12. The largest absolute Gasteiger partial charge is 0.298 e. The Morgan fingerprint density at radius 1 is 1.16 bits per heavy atom. The van der Waals surface area contributed by atoms with Crippen molar-refractivity contribution in [3.8, 4) is 0 Å². The predicted molar refractivity (Wildman–Crippen MR) is 70.5 cm³/mol. The van der Waals surface area contributed by atoms with Gasteiger partial charge in [-0.1, -0.05) is 0 Å². The first-order chi connectivity index (χ1) is 9.06. The quantitative estimate of drug-likeness (QED) is 0.556. The molecule has 0 heterocycles. The fourth-order valence-corrected chi connectivity index (χ4v) is 1.52. The molecule has 7 heteroatoms. The Balaban J connectivity index is 1.79. The highest BCUT2D eigenvalue weighted by Gasteiger charge is 2.29. The zero-order valence-corrected chi connectivity index (χ0v) is 10.7. The van der Waals surface area contributed by atoms with Gasteiger partial charge < -0.3 is 0 Å².